The number of hydrogen-bond donors (Lipinski definition) is 3. The number of aliphatic carboxylic acids is 1. The van der Waals surface area contributed by atoms with Crippen LogP contribution in [0.4, 0.5) is 18.9 Å². The molecule has 0 aliphatic rings. The predicted molar refractivity (Wildman–Crippen MR) is 121 cm³/mol. The van der Waals surface area contributed by atoms with Crippen LogP contribution in [0.5, 0.6) is 0 Å². The van der Waals surface area contributed by atoms with Crippen LogP contribution < -0.4 is 10.6 Å². The summed E-state index contributed by atoms with van der Waals surface area (Å²) >= 11 is 0. The fourth-order valence-corrected chi connectivity index (χ4v) is 3.40. The highest BCUT2D eigenvalue weighted by Crippen LogP contribution is 2.32. The number of halogens is 3. The number of aromatic nitrogens is 2. The van der Waals surface area contributed by atoms with Crippen LogP contribution in [-0.2, 0) is 17.5 Å². The summed E-state index contributed by atoms with van der Waals surface area (Å²) in [5.41, 5.74) is 3.36. The molecule has 0 amide bonds. The topological polar surface area (TPSA) is 100 Å². The van der Waals surface area contributed by atoms with Gasteiger partial charge in [-0.25, -0.2) is 0 Å². The molecule has 3 N–H and O–H groups in total. The van der Waals surface area contributed by atoms with Gasteiger partial charge in [-0.2, -0.15) is 13.2 Å². The third-order valence-corrected chi connectivity index (χ3v) is 5.52. The highest BCUT2D eigenvalue weighted by Gasteiger charge is 2.38. The summed E-state index contributed by atoms with van der Waals surface area (Å²) in [7, 11) is 0. The largest absolute Gasteiger partial charge is 0.481 e. The summed E-state index contributed by atoms with van der Waals surface area (Å²) in [6.45, 7) is 5.20. The predicted octanol–water partition coefficient (Wildman–Crippen LogP) is 5.52. The van der Waals surface area contributed by atoms with E-state index >= 15 is 0 Å². The van der Waals surface area contributed by atoms with E-state index in [4.69, 9.17) is 9.52 Å². The molecule has 0 bridgehead atoms. The van der Waals surface area contributed by atoms with Crippen molar-refractivity contribution in [1.29, 1.82) is 0 Å². The van der Waals surface area contributed by atoms with Crippen LogP contribution in [0.2, 0.25) is 0 Å². The van der Waals surface area contributed by atoms with E-state index in [1.807, 2.05) is 36.4 Å². The van der Waals surface area contributed by atoms with Crippen molar-refractivity contribution in [3.05, 3.63) is 65.5 Å². The molecule has 7 nitrogen and oxygen atoms in total. The van der Waals surface area contributed by atoms with Gasteiger partial charge >= 0.3 is 18.0 Å². The number of alkyl halides is 3. The van der Waals surface area contributed by atoms with E-state index < -0.39 is 18.0 Å². The molecule has 0 saturated carbocycles. The van der Waals surface area contributed by atoms with Gasteiger partial charge in [0.2, 0.25) is 5.89 Å². The van der Waals surface area contributed by atoms with Gasteiger partial charge in [0.25, 0.3) is 0 Å². The van der Waals surface area contributed by atoms with Gasteiger partial charge in [0.05, 0.1) is 12.5 Å². The lowest BCUT2D eigenvalue weighted by Crippen LogP contribution is -2.19. The maximum Gasteiger partial charge on any atom is 0.470 e. The maximum absolute atomic E-state index is 12.7. The second kappa shape index (κ2) is 11.1. The minimum absolute atomic E-state index is 0.0213. The average molecular weight is 476 g/mol. The number of rotatable bonds is 11. The first kappa shape index (κ1) is 25.2. The lowest BCUT2D eigenvalue weighted by atomic mass is 9.91. The molecule has 3 aromatic rings. The zero-order chi connectivity index (χ0) is 24.7. The Labute approximate surface area is 195 Å². The van der Waals surface area contributed by atoms with Crippen LogP contribution in [0.1, 0.15) is 49.7 Å². The second-order valence-electron chi connectivity index (χ2n) is 8.06. The molecule has 0 spiro atoms. The Morgan fingerprint density at radius 1 is 1.09 bits per heavy atom. The summed E-state index contributed by atoms with van der Waals surface area (Å²) < 4.78 is 42.9. The van der Waals surface area contributed by atoms with Crippen molar-refractivity contribution in [2.75, 3.05) is 11.9 Å². The maximum atomic E-state index is 12.7. The molecule has 0 aliphatic heterocycles. The zero-order valence-electron chi connectivity index (χ0n) is 18.9. The molecule has 10 heteroatoms. The average Bonchev–Trinajstić information content (AvgIpc) is 3.32. The number of nitrogens with zero attached hydrogens (tertiary/aromatic N) is 2. The minimum atomic E-state index is -4.68. The lowest BCUT2D eigenvalue weighted by Gasteiger charge is -2.26. The Bertz CT molecular complexity index is 1070. The first-order valence-electron chi connectivity index (χ1n) is 11.0. The number of anilines is 1. The van der Waals surface area contributed by atoms with Gasteiger partial charge < -0.3 is 20.2 Å². The third kappa shape index (κ3) is 6.80. The molecule has 0 radical (unpaired) electrons. The van der Waals surface area contributed by atoms with E-state index in [9.17, 15) is 18.0 Å². The SMILES string of the molecule is CCC(C)[C@@H](Nc1ccc(CNCCC(=O)O)cc1)c1ccc(-c2nnc(C(F)(F)F)o2)cc1. The van der Waals surface area contributed by atoms with Gasteiger partial charge in [0.1, 0.15) is 0 Å². The lowest BCUT2D eigenvalue weighted by molar-refractivity contribution is -0.157. The molecule has 0 fully saturated rings. The summed E-state index contributed by atoms with van der Waals surface area (Å²) in [5.74, 6) is -2.10. The van der Waals surface area contributed by atoms with Gasteiger partial charge in [-0.1, -0.05) is 44.5 Å². The van der Waals surface area contributed by atoms with Crippen LogP contribution in [0, 0.1) is 5.92 Å². The minimum Gasteiger partial charge on any atom is -0.481 e. The van der Waals surface area contributed by atoms with Crippen molar-refractivity contribution in [3.8, 4) is 11.5 Å². The van der Waals surface area contributed by atoms with E-state index in [1.54, 1.807) is 12.1 Å². The van der Waals surface area contributed by atoms with Crippen LogP contribution in [0.25, 0.3) is 11.5 Å². The van der Waals surface area contributed by atoms with E-state index in [2.05, 4.69) is 34.7 Å². The molecule has 2 aromatic carbocycles. The van der Waals surface area contributed by atoms with Crippen LogP contribution in [-0.4, -0.2) is 27.8 Å². The van der Waals surface area contributed by atoms with E-state index in [0.29, 0.717) is 18.7 Å². The van der Waals surface area contributed by atoms with E-state index in [-0.39, 0.29) is 24.3 Å². The zero-order valence-corrected chi connectivity index (χ0v) is 18.9. The first-order chi connectivity index (χ1) is 16.2. The number of nitrogens with one attached hydrogen (secondary N) is 2. The van der Waals surface area contributed by atoms with Crippen LogP contribution in [0.15, 0.2) is 52.9 Å². The number of carboxylic acids is 1. The van der Waals surface area contributed by atoms with Crippen molar-refractivity contribution in [2.24, 2.45) is 5.92 Å². The fourth-order valence-electron chi connectivity index (χ4n) is 3.40. The van der Waals surface area contributed by atoms with Gasteiger partial charge in [0, 0.05) is 24.3 Å². The summed E-state index contributed by atoms with van der Waals surface area (Å²) in [6.07, 6.45) is -3.69. The van der Waals surface area contributed by atoms with Crippen molar-refractivity contribution in [2.45, 2.75) is 45.5 Å². The highest BCUT2D eigenvalue weighted by atomic mass is 19.4. The molecule has 0 saturated heterocycles. The Morgan fingerprint density at radius 2 is 1.76 bits per heavy atom. The van der Waals surface area contributed by atoms with Crippen molar-refractivity contribution in [1.82, 2.24) is 15.5 Å². The van der Waals surface area contributed by atoms with Crippen molar-refractivity contribution < 1.29 is 27.5 Å². The number of hydrogen-bond acceptors (Lipinski definition) is 6. The Hall–Kier alpha value is -3.40. The summed E-state index contributed by atoms with van der Waals surface area (Å²) in [6, 6.07) is 14.9. The molecule has 182 valence electrons. The van der Waals surface area contributed by atoms with Gasteiger partial charge in [-0.15, -0.1) is 10.2 Å². The number of benzene rings is 2. The smallest absolute Gasteiger partial charge is 0.470 e. The fraction of sp³-hybridized carbons (Fsp3) is 0.375. The molecular weight excluding hydrogens is 449 g/mol. The van der Waals surface area contributed by atoms with E-state index in [0.717, 1.165) is 23.2 Å². The number of carbonyl (C=O) groups is 1. The van der Waals surface area contributed by atoms with Crippen molar-refractivity contribution in [3.63, 3.8) is 0 Å². The molecule has 1 heterocycles. The van der Waals surface area contributed by atoms with E-state index in [1.165, 1.54) is 0 Å². The Morgan fingerprint density at radius 3 is 2.32 bits per heavy atom. The second-order valence-corrected chi connectivity index (χ2v) is 8.06. The Kier molecular flexibility index (Phi) is 8.27. The molecule has 1 unspecified atom stereocenters. The third-order valence-electron chi connectivity index (χ3n) is 5.52. The quantitative estimate of drug-likeness (QED) is 0.313. The van der Waals surface area contributed by atoms with Crippen LogP contribution >= 0.6 is 0 Å². The molecule has 1 aromatic heterocycles. The first-order valence-corrected chi connectivity index (χ1v) is 11.0. The monoisotopic (exact) mass is 476 g/mol. The highest BCUT2D eigenvalue weighted by molar-refractivity contribution is 5.66. The molecular formula is C24H27F3N4O3. The Balaban J connectivity index is 1.69. The van der Waals surface area contributed by atoms with Crippen molar-refractivity contribution >= 4 is 11.7 Å². The molecule has 34 heavy (non-hydrogen) atoms. The van der Waals surface area contributed by atoms with Gasteiger partial charge in [-0.05, 0) is 41.3 Å². The number of carboxylic acid groups (broad SMARTS) is 1. The van der Waals surface area contributed by atoms with Gasteiger partial charge in [0.15, 0.2) is 0 Å². The molecule has 2 atom stereocenters. The van der Waals surface area contributed by atoms with Crippen LogP contribution in [0.3, 0.4) is 0 Å². The summed E-state index contributed by atoms with van der Waals surface area (Å²) in [4.78, 5) is 10.6. The van der Waals surface area contributed by atoms with Gasteiger partial charge in [-0.3, -0.25) is 4.79 Å². The molecule has 3 rings (SSSR count). The summed E-state index contributed by atoms with van der Waals surface area (Å²) in [5, 5.41) is 21.9. The molecule has 0 aliphatic carbocycles. The normalized spacial score (nSPS) is 13.4. The standard InChI is InChI=1S/C24H27F3N4O3/c1-3-15(2)21(29-19-10-4-16(5-11-19)14-28-13-12-20(32)33)17-6-8-18(9-7-17)22-30-31-23(34-22)24(25,26)27/h4-11,15,21,28-29H,3,12-14H2,1-2H3,(H,32,33)/t15?,21-/m1/s1.